The molecule has 1 aliphatic carbocycles. The summed E-state index contributed by atoms with van der Waals surface area (Å²) in [5, 5.41) is 8.61. The van der Waals surface area contributed by atoms with Gasteiger partial charge in [-0.05, 0) is 42.5 Å². The lowest BCUT2D eigenvalue weighted by molar-refractivity contribution is -0.131. The molecule has 1 aromatic carbocycles. The Bertz CT molecular complexity index is 647. The van der Waals surface area contributed by atoms with Crippen LogP contribution in [0.4, 0.5) is 0 Å². The van der Waals surface area contributed by atoms with E-state index in [0.29, 0.717) is 18.0 Å². The van der Waals surface area contributed by atoms with Gasteiger partial charge in [0.25, 0.3) is 0 Å². The number of hydrogen-bond acceptors (Lipinski definition) is 3. The van der Waals surface area contributed by atoms with Crippen LogP contribution >= 0.6 is 0 Å². The Kier molecular flexibility index (Phi) is 4.80. The first-order valence-corrected chi connectivity index (χ1v) is 8.31. The molecule has 114 valence electrons. The summed E-state index contributed by atoms with van der Waals surface area (Å²) in [4.78, 5) is 10.7. The Balaban J connectivity index is 2.18. The highest BCUT2D eigenvalue weighted by Gasteiger charge is 2.26. The number of benzene rings is 1. The number of carbonyl (C=O) groups is 1. The van der Waals surface area contributed by atoms with Crippen molar-refractivity contribution in [3.05, 3.63) is 35.9 Å². The number of aliphatic carboxylic acids is 1. The minimum atomic E-state index is -3.52. The van der Waals surface area contributed by atoms with E-state index in [0.717, 1.165) is 18.9 Å². The highest BCUT2D eigenvalue weighted by atomic mass is 32.2. The van der Waals surface area contributed by atoms with Crippen LogP contribution in [0.1, 0.15) is 24.8 Å². The Morgan fingerprint density at radius 1 is 1.43 bits per heavy atom. The number of hydrogen-bond donors (Lipinski definition) is 1. The molecule has 0 heterocycles. The Morgan fingerprint density at radius 2 is 2.14 bits per heavy atom. The first kappa shape index (κ1) is 15.7. The molecule has 1 saturated carbocycles. The fraction of sp³-hybridized carbons (Fsp3) is 0.400. The molecule has 21 heavy (non-hydrogen) atoms. The minimum absolute atomic E-state index is 0.192. The average Bonchev–Trinajstić information content (AvgIpc) is 2.40. The summed E-state index contributed by atoms with van der Waals surface area (Å²) in [7, 11) is -1.93. The SMILES string of the molecule is CN(CC1CCC1)S(=O)(=O)c1cccc(C=CC(=O)O)c1. The maximum atomic E-state index is 12.5. The maximum Gasteiger partial charge on any atom is 0.328 e. The zero-order valence-corrected chi connectivity index (χ0v) is 12.7. The van der Waals surface area contributed by atoms with Crippen LogP contribution in [-0.2, 0) is 14.8 Å². The summed E-state index contributed by atoms with van der Waals surface area (Å²) in [6.07, 6.45) is 5.72. The molecule has 2 rings (SSSR count). The summed E-state index contributed by atoms with van der Waals surface area (Å²) in [6, 6.07) is 6.31. The van der Waals surface area contributed by atoms with E-state index in [9.17, 15) is 13.2 Å². The van der Waals surface area contributed by atoms with Crippen LogP contribution in [0.3, 0.4) is 0 Å². The molecule has 5 nitrogen and oxygen atoms in total. The van der Waals surface area contributed by atoms with Gasteiger partial charge in [-0.15, -0.1) is 0 Å². The van der Waals surface area contributed by atoms with Gasteiger partial charge < -0.3 is 5.11 Å². The van der Waals surface area contributed by atoms with Gasteiger partial charge in [0.15, 0.2) is 0 Å². The van der Waals surface area contributed by atoms with Gasteiger partial charge in [-0.25, -0.2) is 17.5 Å². The summed E-state index contributed by atoms with van der Waals surface area (Å²) >= 11 is 0. The van der Waals surface area contributed by atoms with Crippen molar-refractivity contribution in [3.8, 4) is 0 Å². The molecule has 1 fully saturated rings. The largest absolute Gasteiger partial charge is 0.478 e. The number of rotatable bonds is 6. The van der Waals surface area contributed by atoms with Gasteiger partial charge >= 0.3 is 5.97 Å². The van der Waals surface area contributed by atoms with Crippen molar-refractivity contribution < 1.29 is 18.3 Å². The molecule has 0 spiro atoms. The van der Waals surface area contributed by atoms with Crippen LogP contribution in [0.25, 0.3) is 6.08 Å². The third-order valence-corrected chi connectivity index (χ3v) is 5.54. The summed E-state index contributed by atoms with van der Waals surface area (Å²) < 4.78 is 26.4. The number of carboxylic acid groups (broad SMARTS) is 1. The second-order valence-electron chi connectivity index (χ2n) is 5.33. The molecule has 0 atom stereocenters. The first-order chi connectivity index (χ1) is 9.89. The van der Waals surface area contributed by atoms with Gasteiger partial charge in [0.1, 0.15) is 0 Å². The average molecular weight is 309 g/mol. The van der Waals surface area contributed by atoms with Gasteiger partial charge in [-0.3, -0.25) is 0 Å². The topological polar surface area (TPSA) is 74.7 Å². The van der Waals surface area contributed by atoms with Gasteiger partial charge in [-0.1, -0.05) is 18.6 Å². The molecule has 0 radical (unpaired) electrons. The summed E-state index contributed by atoms with van der Waals surface area (Å²) in [6.45, 7) is 0.539. The van der Waals surface area contributed by atoms with Gasteiger partial charge in [0.05, 0.1) is 4.90 Å². The molecule has 1 aliphatic rings. The second-order valence-corrected chi connectivity index (χ2v) is 7.37. The van der Waals surface area contributed by atoms with Gasteiger partial charge in [-0.2, -0.15) is 0 Å². The zero-order valence-electron chi connectivity index (χ0n) is 11.9. The Labute approximate surface area is 124 Å². The predicted octanol–water partition coefficient (Wildman–Crippen LogP) is 2.21. The predicted molar refractivity (Wildman–Crippen MR) is 80.3 cm³/mol. The summed E-state index contributed by atoms with van der Waals surface area (Å²) in [5.41, 5.74) is 0.551. The van der Waals surface area contributed by atoms with Crippen molar-refractivity contribution >= 4 is 22.1 Å². The molecule has 0 unspecified atom stereocenters. The van der Waals surface area contributed by atoms with E-state index in [1.807, 2.05) is 0 Å². The molecule has 0 aromatic heterocycles. The van der Waals surface area contributed by atoms with E-state index in [1.165, 1.54) is 28.9 Å². The fourth-order valence-corrected chi connectivity index (χ4v) is 3.57. The third-order valence-electron chi connectivity index (χ3n) is 3.72. The van der Waals surface area contributed by atoms with E-state index in [1.54, 1.807) is 19.2 Å². The van der Waals surface area contributed by atoms with E-state index < -0.39 is 16.0 Å². The lowest BCUT2D eigenvalue weighted by Crippen LogP contribution is -2.34. The van der Waals surface area contributed by atoms with E-state index in [-0.39, 0.29) is 4.90 Å². The molecular weight excluding hydrogens is 290 g/mol. The molecule has 1 aromatic rings. The zero-order chi connectivity index (χ0) is 15.5. The highest BCUT2D eigenvalue weighted by molar-refractivity contribution is 7.89. The number of carboxylic acids is 1. The van der Waals surface area contributed by atoms with Crippen molar-refractivity contribution in [2.45, 2.75) is 24.2 Å². The van der Waals surface area contributed by atoms with Crippen LogP contribution in [0.2, 0.25) is 0 Å². The lowest BCUT2D eigenvalue weighted by atomic mass is 9.86. The molecular formula is C15H19NO4S. The van der Waals surface area contributed by atoms with Crippen molar-refractivity contribution in [2.75, 3.05) is 13.6 Å². The van der Waals surface area contributed by atoms with Gasteiger partial charge in [0.2, 0.25) is 10.0 Å². The standard InChI is InChI=1S/C15H19NO4S/c1-16(11-13-5-2-6-13)21(19,20)14-7-3-4-12(10-14)8-9-15(17)18/h3-4,7-10,13H,2,5-6,11H2,1H3,(H,17,18). The summed E-state index contributed by atoms with van der Waals surface area (Å²) in [5.74, 6) is -0.606. The normalized spacial score (nSPS) is 16.3. The second kappa shape index (κ2) is 6.41. The first-order valence-electron chi connectivity index (χ1n) is 6.87. The van der Waals surface area contributed by atoms with Crippen molar-refractivity contribution in [1.82, 2.24) is 4.31 Å². The Hall–Kier alpha value is -1.66. The molecule has 0 saturated heterocycles. The van der Waals surface area contributed by atoms with Crippen molar-refractivity contribution in [2.24, 2.45) is 5.92 Å². The molecule has 6 heteroatoms. The monoisotopic (exact) mass is 309 g/mol. The van der Waals surface area contributed by atoms with Crippen LogP contribution in [0.15, 0.2) is 35.2 Å². The van der Waals surface area contributed by atoms with Gasteiger partial charge in [0, 0.05) is 19.7 Å². The smallest absolute Gasteiger partial charge is 0.328 e. The van der Waals surface area contributed by atoms with E-state index in [4.69, 9.17) is 5.11 Å². The third kappa shape index (κ3) is 3.92. The quantitative estimate of drug-likeness (QED) is 0.818. The van der Waals surface area contributed by atoms with Crippen LogP contribution in [-0.4, -0.2) is 37.4 Å². The van der Waals surface area contributed by atoms with Crippen molar-refractivity contribution in [1.29, 1.82) is 0 Å². The van der Waals surface area contributed by atoms with Crippen LogP contribution in [0, 0.1) is 5.92 Å². The lowest BCUT2D eigenvalue weighted by Gasteiger charge is -2.29. The van der Waals surface area contributed by atoms with E-state index in [2.05, 4.69) is 0 Å². The number of nitrogens with zero attached hydrogens (tertiary/aromatic N) is 1. The number of sulfonamides is 1. The fourth-order valence-electron chi connectivity index (χ4n) is 2.26. The van der Waals surface area contributed by atoms with Crippen LogP contribution < -0.4 is 0 Å². The molecule has 1 N–H and O–H groups in total. The highest BCUT2D eigenvalue weighted by Crippen LogP contribution is 2.28. The maximum absolute atomic E-state index is 12.5. The Morgan fingerprint density at radius 3 is 2.71 bits per heavy atom. The minimum Gasteiger partial charge on any atom is -0.478 e. The van der Waals surface area contributed by atoms with E-state index >= 15 is 0 Å². The van der Waals surface area contributed by atoms with Crippen molar-refractivity contribution in [3.63, 3.8) is 0 Å². The molecule has 0 bridgehead atoms. The van der Waals surface area contributed by atoms with Crippen LogP contribution in [0.5, 0.6) is 0 Å². The molecule has 0 aliphatic heterocycles. The molecule has 0 amide bonds.